The van der Waals surface area contributed by atoms with Crippen molar-refractivity contribution >= 4 is 11.6 Å². The Morgan fingerprint density at radius 3 is 2.85 bits per heavy atom. The third-order valence-electron chi connectivity index (χ3n) is 3.72. The summed E-state index contributed by atoms with van der Waals surface area (Å²) in [5, 5.41) is 0. The van der Waals surface area contributed by atoms with Crippen LogP contribution in [0.1, 0.15) is 32.3 Å². The average molecular weight is 275 g/mol. The molecule has 1 heterocycles. The number of fused-ring (bicyclic) bond motifs is 1. The SMILES string of the molecule is Cc1ccc2c(c1)N(CCOC1CC1)C(=O)C(C)(C)O2. The highest BCUT2D eigenvalue weighted by atomic mass is 16.5. The molecule has 0 radical (unpaired) electrons. The first-order valence-corrected chi connectivity index (χ1v) is 7.20. The first kappa shape index (κ1) is 13.4. The Morgan fingerprint density at radius 2 is 2.15 bits per heavy atom. The molecule has 20 heavy (non-hydrogen) atoms. The molecule has 0 saturated heterocycles. The number of hydrogen-bond acceptors (Lipinski definition) is 3. The molecule has 1 fully saturated rings. The van der Waals surface area contributed by atoms with Gasteiger partial charge in [0.2, 0.25) is 0 Å². The molecule has 2 aliphatic rings. The van der Waals surface area contributed by atoms with E-state index >= 15 is 0 Å². The van der Waals surface area contributed by atoms with E-state index in [-0.39, 0.29) is 5.91 Å². The van der Waals surface area contributed by atoms with Crippen molar-refractivity contribution in [3.05, 3.63) is 23.8 Å². The molecule has 108 valence electrons. The Labute approximate surface area is 119 Å². The van der Waals surface area contributed by atoms with Gasteiger partial charge in [-0.05, 0) is 51.3 Å². The van der Waals surface area contributed by atoms with E-state index < -0.39 is 5.60 Å². The van der Waals surface area contributed by atoms with Crippen LogP contribution in [0, 0.1) is 6.92 Å². The Balaban J connectivity index is 1.84. The molecule has 3 rings (SSSR count). The zero-order valence-corrected chi connectivity index (χ0v) is 12.3. The number of nitrogens with zero attached hydrogens (tertiary/aromatic N) is 1. The van der Waals surface area contributed by atoms with Crippen LogP contribution in [0.4, 0.5) is 5.69 Å². The first-order valence-electron chi connectivity index (χ1n) is 7.20. The predicted octanol–water partition coefficient (Wildman–Crippen LogP) is 2.68. The summed E-state index contributed by atoms with van der Waals surface area (Å²) < 4.78 is 11.5. The highest BCUT2D eigenvalue weighted by Crippen LogP contribution is 2.38. The van der Waals surface area contributed by atoms with Crippen molar-refractivity contribution in [2.24, 2.45) is 0 Å². The van der Waals surface area contributed by atoms with Crippen LogP contribution in [-0.2, 0) is 9.53 Å². The van der Waals surface area contributed by atoms with Gasteiger partial charge < -0.3 is 14.4 Å². The Kier molecular flexibility index (Phi) is 3.21. The van der Waals surface area contributed by atoms with E-state index in [0.29, 0.717) is 19.3 Å². The standard InChI is InChI=1S/C16H21NO3/c1-11-4-7-14-13(10-11)17(8-9-19-12-5-6-12)15(18)16(2,3)20-14/h4,7,10,12H,5-6,8-9H2,1-3H3. The molecule has 1 aliphatic heterocycles. The minimum absolute atomic E-state index is 0.00463. The lowest BCUT2D eigenvalue weighted by molar-refractivity contribution is -0.132. The zero-order chi connectivity index (χ0) is 14.3. The molecule has 1 aliphatic carbocycles. The fraction of sp³-hybridized carbons (Fsp3) is 0.562. The highest BCUT2D eigenvalue weighted by Gasteiger charge is 2.40. The van der Waals surface area contributed by atoms with Crippen molar-refractivity contribution < 1.29 is 14.3 Å². The van der Waals surface area contributed by atoms with Crippen molar-refractivity contribution in [1.82, 2.24) is 0 Å². The van der Waals surface area contributed by atoms with Gasteiger partial charge >= 0.3 is 0 Å². The van der Waals surface area contributed by atoms with Crippen molar-refractivity contribution in [3.8, 4) is 5.75 Å². The summed E-state index contributed by atoms with van der Waals surface area (Å²) in [6.45, 7) is 6.81. The van der Waals surface area contributed by atoms with Crippen LogP contribution >= 0.6 is 0 Å². The number of anilines is 1. The van der Waals surface area contributed by atoms with Crippen LogP contribution in [0.3, 0.4) is 0 Å². The summed E-state index contributed by atoms with van der Waals surface area (Å²) in [7, 11) is 0. The number of ether oxygens (including phenoxy) is 2. The summed E-state index contributed by atoms with van der Waals surface area (Å²) in [6.07, 6.45) is 2.72. The molecular weight excluding hydrogens is 254 g/mol. The minimum atomic E-state index is -0.818. The normalized spacial score (nSPS) is 20.6. The van der Waals surface area contributed by atoms with Gasteiger partial charge in [0.15, 0.2) is 5.60 Å². The molecule has 4 heteroatoms. The number of aryl methyl sites for hydroxylation is 1. The molecule has 1 aromatic rings. The summed E-state index contributed by atoms with van der Waals surface area (Å²) >= 11 is 0. The van der Waals surface area contributed by atoms with Crippen LogP contribution in [0.15, 0.2) is 18.2 Å². The van der Waals surface area contributed by atoms with E-state index in [4.69, 9.17) is 9.47 Å². The molecule has 1 saturated carbocycles. The number of carbonyl (C=O) groups excluding carboxylic acids is 1. The number of benzene rings is 1. The maximum Gasteiger partial charge on any atom is 0.270 e. The maximum absolute atomic E-state index is 12.6. The van der Waals surface area contributed by atoms with Gasteiger partial charge in [-0.25, -0.2) is 0 Å². The van der Waals surface area contributed by atoms with Crippen LogP contribution in [0.25, 0.3) is 0 Å². The molecule has 4 nitrogen and oxygen atoms in total. The number of amides is 1. The molecule has 0 spiro atoms. The number of carbonyl (C=O) groups is 1. The van der Waals surface area contributed by atoms with Crippen molar-refractivity contribution in [3.63, 3.8) is 0 Å². The van der Waals surface area contributed by atoms with Crippen molar-refractivity contribution in [2.45, 2.75) is 45.3 Å². The minimum Gasteiger partial charge on any atom is -0.476 e. The largest absolute Gasteiger partial charge is 0.476 e. The Hall–Kier alpha value is -1.55. The van der Waals surface area contributed by atoms with Crippen LogP contribution < -0.4 is 9.64 Å². The molecule has 1 amide bonds. The lowest BCUT2D eigenvalue weighted by atomic mass is 10.0. The van der Waals surface area contributed by atoms with E-state index in [1.54, 1.807) is 4.90 Å². The predicted molar refractivity (Wildman–Crippen MR) is 77.2 cm³/mol. The Morgan fingerprint density at radius 1 is 1.40 bits per heavy atom. The van der Waals surface area contributed by atoms with E-state index in [1.807, 2.05) is 39.0 Å². The van der Waals surface area contributed by atoms with Crippen LogP contribution in [0.2, 0.25) is 0 Å². The fourth-order valence-corrected chi connectivity index (χ4v) is 2.44. The topological polar surface area (TPSA) is 38.8 Å². The summed E-state index contributed by atoms with van der Waals surface area (Å²) in [5.41, 5.74) is 1.16. The second-order valence-electron chi connectivity index (χ2n) is 6.11. The molecule has 0 bridgehead atoms. The average Bonchev–Trinajstić information content (AvgIpc) is 3.19. The lowest BCUT2D eigenvalue weighted by Crippen LogP contribution is -2.53. The molecule has 0 N–H and O–H groups in total. The van der Waals surface area contributed by atoms with Gasteiger partial charge in [0, 0.05) is 6.54 Å². The number of rotatable bonds is 4. The Bertz CT molecular complexity index is 535. The quantitative estimate of drug-likeness (QED) is 0.848. The third-order valence-corrected chi connectivity index (χ3v) is 3.72. The second kappa shape index (κ2) is 4.77. The van der Waals surface area contributed by atoms with E-state index in [9.17, 15) is 4.79 Å². The molecular formula is C16H21NO3. The molecule has 0 unspecified atom stereocenters. The van der Waals surface area contributed by atoms with Gasteiger partial charge in [0.05, 0.1) is 18.4 Å². The summed E-state index contributed by atoms with van der Waals surface area (Å²) in [4.78, 5) is 14.4. The van der Waals surface area contributed by atoms with Crippen molar-refractivity contribution in [1.29, 1.82) is 0 Å². The maximum atomic E-state index is 12.6. The van der Waals surface area contributed by atoms with Crippen molar-refractivity contribution in [2.75, 3.05) is 18.1 Å². The molecule has 0 atom stereocenters. The zero-order valence-electron chi connectivity index (χ0n) is 12.3. The first-order chi connectivity index (χ1) is 9.47. The van der Waals surface area contributed by atoms with Gasteiger partial charge in [0.25, 0.3) is 5.91 Å². The van der Waals surface area contributed by atoms with E-state index in [2.05, 4.69) is 0 Å². The lowest BCUT2D eigenvalue weighted by Gasteiger charge is -2.38. The van der Waals surface area contributed by atoms with Gasteiger partial charge in [-0.2, -0.15) is 0 Å². The highest BCUT2D eigenvalue weighted by molar-refractivity contribution is 6.02. The smallest absolute Gasteiger partial charge is 0.270 e. The number of hydrogen-bond donors (Lipinski definition) is 0. The molecule has 0 aromatic heterocycles. The van der Waals surface area contributed by atoms with Gasteiger partial charge in [-0.15, -0.1) is 0 Å². The summed E-state index contributed by atoms with van der Waals surface area (Å²) in [6, 6.07) is 5.94. The van der Waals surface area contributed by atoms with E-state index in [1.165, 1.54) is 0 Å². The van der Waals surface area contributed by atoms with Gasteiger partial charge in [-0.1, -0.05) is 6.07 Å². The van der Waals surface area contributed by atoms with E-state index in [0.717, 1.165) is 29.8 Å². The van der Waals surface area contributed by atoms with Crippen LogP contribution in [-0.4, -0.2) is 30.8 Å². The molecule has 1 aromatic carbocycles. The van der Waals surface area contributed by atoms with Gasteiger partial charge in [0.1, 0.15) is 5.75 Å². The van der Waals surface area contributed by atoms with Gasteiger partial charge in [-0.3, -0.25) is 4.79 Å². The fourth-order valence-electron chi connectivity index (χ4n) is 2.44. The van der Waals surface area contributed by atoms with Crippen LogP contribution in [0.5, 0.6) is 5.75 Å². The monoisotopic (exact) mass is 275 g/mol. The third kappa shape index (κ3) is 2.52. The summed E-state index contributed by atoms with van der Waals surface area (Å²) in [5.74, 6) is 0.765. The second-order valence-corrected chi connectivity index (χ2v) is 6.11.